The van der Waals surface area contributed by atoms with E-state index in [4.69, 9.17) is 4.99 Å². The third-order valence-electron chi connectivity index (χ3n) is 6.56. The lowest BCUT2D eigenvalue weighted by atomic mass is 10.1. The van der Waals surface area contributed by atoms with Gasteiger partial charge in [0.1, 0.15) is 5.69 Å². The molecule has 2 aromatic heterocycles. The summed E-state index contributed by atoms with van der Waals surface area (Å²) in [5.41, 5.74) is 6.40. The summed E-state index contributed by atoms with van der Waals surface area (Å²) in [5.74, 6) is 0.427. The molecule has 1 amide bonds. The molecule has 32 heavy (non-hydrogen) atoms. The number of aliphatic imine (C=N–C) groups is 1. The highest BCUT2D eigenvalue weighted by Crippen LogP contribution is 2.29. The van der Waals surface area contributed by atoms with Gasteiger partial charge >= 0.3 is 0 Å². The number of amides is 1. The molecule has 2 saturated heterocycles. The normalized spacial score (nSPS) is 19.4. The van der Waals surface area contributed by atoms with Crippen LogP contribution in [0.15, 0.2) is 35.5 Å². The van der Waals surface area contributed by atoms with Crippen LogP contribution in [0, 0.1) is 20.8 Å². The van der Waals surface area contributed by atoms with Crippen molar-refractivity contribution in [1.29, 1.82) is 0 Å². The number of carbonyl (C=O) groups excluding carboxylic acids is 1. The number of aryl methyl sites for hydroxylation is 3. The number of amidine groups is 1. The van der Waals surface area contributed by atoms with E-state index in [1.54, 1.807) is 4.52 Å². The number of benzene rings is 1. The van der Waals surface area contributed by atoms with E-state index < -0.39 is 0 Å². The van der Waals surface area contributed by atoms with Crippen LogP contribution in [0.3, 0.4) is 0 Å². The first-order valence-corrected chi connectivity index (χ1v) is 11.2. The molecular formula is C24H29N7O. The second-order valence-electron chi connectivity index (χ2n) is 8.80. The maximum atomic E-state index is 11.3. The SMILES string of the molecule is Cc1cn2nc(C(=Nc3ccc(N4CCN5CCCC5C4)cc3C)NC=O)cc2c(C)n1. The van der Waals surface area contributed by atoms with E-state index >= 15 is 0 Å². The van der Waals surface area contributed by atoms with Crippen molar-refractivity contribution in [2.45, 2.75) is 39.7 Å². The minimum atomic E-state index is 0.427. The molecule has 0 bridgehead atoms. The number of aromatic nitrogens is 3. The summed E-state index contributed by atoms with van der Waals surface area (Å²) in [6, 6.07) is 8.95. The molecule has 8 heteroatoms. The molecule has 0 spiro atoms. The number of anilines is 1. The molecule has 1 unspecified atom stereocenters. The fraction of sp³-hybridized carbons (Fsp3) is 0.417. The van der Waals surface area contributed by atoms with Gasteiger partial charge in [-0.2, -0.15) is 5.10 Å². The highest BCUT2D eigenvalue weighted by Gasteiger charge is 2.30. The van der Waals surface area contributed by atoms with Crippen molar-refractivity contribution < 1.29 is 4.79 Å². The molecule has 0 aliphatic carbocycles. The Morgan fingerprint density at radius 1 is 1.19 bits per heavy atom. The molecule has 5 rings (SSSR count). The summed E-state index contributed by atoms with van der Waals surface area (Å²) < 4.78 is 1.79. The van der Waals surface area contributed by atoms with Crippen molar-refractivity contribution in [3.63, 3.8) is 0 Å². The minimum Gasteiger partial charge on any atom is -0.369 e. The maximum absolute atomic E-state index is 11.3. The van der Waals surface area contributed by atoms with Gasteiger partial charge < -0.3 is 10.2 Å². The Morgan fingerprint density at radius 3 is 2.88 bits per heavy atom. The van der Waals surface area contributed by atoms with Crippen molar-refractivity contribution in [3.8, 4) is 0 Å². The Balaban J connectivity index is 1.44. The summed E-state index contributed by atoms with van der Waals surface area (Å²) in [4.78, 5) is 25.7. The molecule has 8 nitrogen and oxygen atoms in total. The fourth-order valence-electron chi connectivity index (χ4n) is 4.93. The Hall–Kier alpha value is -3.26. The summed E-state index contributed by atoms with van der Waals surface area (Å²) >= 11 is 0. The zero-order chi connectivity index (χ0) is 22.2. The molecule has 3 aromatic rings. The van der Waals surface area contributed by atoms with Crippen LogP contribution in [-0.2, 0) is 4.79 Å². The fourth-order valence-corrected chi connectivity index (χ4v) is 4.93. The van der Waals surface area contributed by atoms with Crippen LogP contribution in [-0.4, -0.2) is 64.0 Å². The molecule has 2 aliphatic rings. The lowest BCUT2D eigenvalue weighted by Gasteiger charge is -2.39. The van der Waals surface area contributed by atoms with Gasteiger partial charge in [0.15, 0.2) is 5.84 Å². The highest BCUT2D eigenvalue weighted by molar-refractivity contribution is 6.04. The van der Waals surface area contributed by atoms with Crippen molar-refractivity contribution in [3.05, 3.63) is 53.1 Å². The topological polar surface area (TPSA) is 78.1 Å². The van der Waals surface area contributed by atoms with Crippen LogP contribution in [0.4, 0.5) is 11.4 Å². The van der Waals surface area contributed by atoms with Gasteiger partial charge in [0.05, 0.1) is 28.8 Å². The summed E-state index contributed by atoms with van der Waals surface area (Å²) in [6.45, 7) is 10.5. The summed E-state index contributed by atoms with van der Waals surface area (Å²) in [7, 11) is 0. The predicted octanol–water partition coefficient (Wildman–Crippen LogP) is 2.76. The van der Waals surface area contributed by atoms with Gasteiger partial charge in [0.2, 0.25) is 6.41 Å². The summed E-state index contributed by atoms with van der Waals surface area (Å²) in [5, 5.41) is 7.34. The molecule has 166 valence electrons. The van der Waals surface area contributed by atoms with E-state index in [9.17, 15) is 4.79 Å². The van der Waals surface area contributed by atoms with Crippen LogP contribution in [0.2, 0.25) is 0 Å². The van der Waals surface area contributed by atoms with Gasteiger partial charge in [-0.3, -0.25) is 14.7 Å². The number of fused-ring (bicyclic) bond motifs is 2. The molecule has 2 aliphatic heterocycles. The average Bonchev–Trinajstić information content (AvgIpc) is 3.41. The third kappa shape index (κ3) is 3.86. The van der Waals surface area contributed by atoms with Gasteiger partial charge in [0, 0.05) is 31.4 Å². The number of carbonyl (C=O) groups is 1. The minimum absolute atomic E-state index is 0.427. The van der Waals surface area contributed by atoms with Crippen molar-refractivity contribution >= 4 is 29.1 Å². The molecule has 1 aromatic carbocycles. The predicted molar refractivity (Wildman–Crippen MR) is 126 cm³/mol. The lowest BCUT2D eigenvalue weighted by Crippen LogP contribution is -2.50. The monoisotopic (exact) mass is 431 g/mol. The molecule has 0 radical (unpaired) electrons. The van der Waals surface area contributed by atoms with E-state index in [2.05, 4.69) is 44.3 Å². The van der Waals surface area contributed by atoms with E-state index in [0.29, 0.717) is 24.0 Å². The first kappa shape index (κ1) is 20.6. The third-order valence-corrected chi connectivity index (χ3v) is 6.56. The van der Waals surface area contributed by atoms with Gasteiger partial charge in [-0.25, -0.2) is 9.51 Å². The van der Waals surface area contributed by atoms with Gasteiger partial charge in [0.25, 0.3) is 0 Å². The quantitative estimate of drug-likeness (QED) is 0.390. The Bertz CT molecular complexity index is 1200. The number of nitrogens with zero attached hydrogens (tertiary/aromatic N) is 6. The van der Waals surface area contributed by atoms with E-state index in [1.807, 2.05) is 32.2 Å². The smallest absolute Gasteiger partial charge is 0.212 e. The molecule has 2 fully saturated rings. The molecule has 4 heterocycles. The first-order chi connectivity index (χ1) is 15.5. The Kier molecular flexibility index (Phi) is 5.38. The van der Waals surface area contributed by atoms with Crippen LogP contribution < -0.4 is 10.2 Å². The van der Waals surface area contributed by atoms with E-state index in [1.165, 1.54) is 25.1 Å². The van der Waals surface area contributed by atoms with Crippen molar-refractivity contribution in [2.75, 3.05) is 31.1 Å². The number of rotatable bonds is 4. The number of hydrogen-bond acceptors (Lipinski definition) is 6. The van der Waals surface area contributed by atoms with Crippen molar-refractivity contribution in [2.24, 2.45) is 4.99 Å². The zero-order valence-corrected chi connectivity index (χ0v) is 18.9. The highest BCUT2D eigenvalue weighted by atomic mass is 16.1. The Morgan fingerprint density at radius 2 is 2.06 bits per heavy atom. The van der Waals surface area contributed by atoms with E-state index in [0.717, 1.165) is 47.8 Å². The first-order valence-electron chi connectivity index (χ1n) is 11.2. The van der Waals surface area contributed by atoms with Crippen LogP contribution in [0.25, 0.3) is 5.52 Å². The van der Waals surface area contributed by atoms with Gasteiger partial charge in [-0.15, -0.1) is 0 Å². The molecule has 1 N–H and O–H groups in total. The molecule has 1 atom stereocenters. The lowest BCUT2D eigenvalue weighted by molar-refractivity contribution is -0.108. The van der Waals surface area contributed by atoms with Crippen LogP contribution >= 0.6 is 0 Å². The van der Waals surface area contributed by atoms with Crippen LogP contribution in [0.5, 0.6) is 0 Å². The van der Waals surface area contributed by atoms with Crippen LogP contribution in [0.1, 0.15) is 35.5 Å². The Labute approximate surface area is 188 Å². The maximum Gasteiger partial charge on any atom is 0.212 e. The van der Waals surface area contributed by atoms with E-state index in [-0.39, 0.29) is 0 Å². The zero-order valence-electron chi connectivity index (χ0n) is 18.9. The van der Waals surface area contributed by atoms with Gasteiger partial charge in [-0.1, -0.05) is 0 Å². The summed E-state index contributed by atoms with van der Waals surface area (Å²) in [6.07, 6.45) is 5.13. The van der Waals surface area contributed by atoms with Gasteiger partial charge in [-0.05, 0) is 70.0 Å². The standard InChI is InChI=1S/C24H29N7O/c1-16-11-19(30-10-9-29-8-4-5-20(29)14-30)6-7-21(16)27-24(25-15-32)22-12-23-18(3)26-17(2)13-31(23)28-22/h6-7,11-13,15,20H,4-5,8-10,14H2,1-3H3,(H,25,27,32). The number of nitrogens with one attached hydrogen (secondary N) is 1. The second kappa shape index (κ2) is 8.35. The second-order valence-corrected chi connectivity index (χ2v) is 8.80. The number of hydrogen-bond donors (Lipinski definition) is 1. The molecular weight excluding hydrogens is 402 g/mol. The van der Waals surface area contributed by atoms with Crippen molar-refractivity contribution in [1.82, 2.24) is 24.8 Å². The average molecular weight is 432 g/mol. The number of piperazine rings is 1. The molecule has 0 saturated carbocycles. The largest absolute Gasteiger partial charge is 0.369 e.